The van der Waals surface area contributed by atoms with Gasteiger partial charge in [0.15, 0.2) is 17.2 Å². The van der Waals surface area contributed by atoms with Gasteiger partial charge in [-0.15, -0.1) is 0 Å². The highest BCUT2D eigenvalue weighted by Crippen LogP contribution is 2.40. The Labute approximate surface area is 176 Å². The largest absolute Gasteiger partial charge is 0.493 e. The Morgan fingerprint density at radius 1 is 1.19 bits per heavy atom. The van der Waals surface area contributed by atoms with E-state index in [2.05, 4.69) is 15.7 Å². The number of ether oxygens (including phenoxy) is 4. The van der Waals surface area contributed by atoms with E-state index in [1.807, 2.05) is 0 Å². The number of fused-ring (bicyclic) bond motifs is 1. The van der Waals surface area contributed by atoms with Crippen LogP contribution >= 0.6 is 0 Å². The summed E-state index contributed by atoms with van der Waals surface area (Å²) in [6.07, 6.45) is -4.23. The molecule has 1 aliphatic rings. The molecule has 0 unspecified atom stereocenters. The second-order valence-corrected chi connectivity index (χ2v) is 6.59. The van der Waals surface area contributed by atoms with E-state index in [-0.39, 0.29) is 25.3 Å². The number of amides is 2. The number of hydrogen-bond donors (Lipinski definition) is 2. The third-order valence-electron chi connectivity index (χ3n) is 4.70. The number of carbonyl (C=O) groups excluding carboxylic acids is 1. The fourth-order valence-electron chi connectivity index (χ4n) is 3.33. The third kappa shape index (κ3) is 4.95. The van der Waals surface area contributed by atoms with Gasteiger partial charge in [-0.25, -0.2) is 4.79 Å². The van der Waals surface area contributed by atoms with Gasteiger partial charge in [0.05, 0.1) is 46.8 Å². The maximum absolute atomic E-state index is 13.2. The van der Waals surface area contributed by atoms with Crippen molar-refractivity contribution in [1.29, 1.82) is 0 Å². The lowest BCUT2D eigenvalue weighted by Crippen LogP contribution is -2.32. The lowest BCUT2D eigenvalue weighted by molar-refractivity contribution is -0.142. The van der Waals surface area contributed by atoms with E-state index in [1.165, 1.54) is 26.0 Å². The van der Waals surface area contributed by atoms with Gasteiger partial charge in [0.2, 0.25) is 5.75 Å². The molecule has 170 valence electrons. The Morgan fingerprint density at radius 3 is 2.45 bits per heavy atom. The minimum absolute atomic E-state index is 0.0561. The first-order chi connectivity index (χ1) is 14.8. The predicted octanol–water partition coefficient (Wildman–Crippen LogP) is 2.82. The highest BCUT2D eigenvalue weighted by atomic mass is 19.4. The second-order valence-electron chi connectivity index (χ2n) is 6.59. The number of nitrogens with one attached hydrogen (secondary N) is 2. The van der Waals surface area contributed by atoms with Crippen LogP contribution in [0.4, 0.5) is 23.7 Å². The average molecular weight is 444 g/mol. The zero-order valence-electron chi connectivity index (χ0n) is 17.3. The average Bonchev–Trinajstić information content (AvgIpc) is 3.12. The quantitative estimate of drug-likeness (QED) is 0.682. The van der Waals surface area contributed by atoms with Crippen LogP contribution in [-0.2, 0) is 30.5 Å². The third-order valence-corrected chi connectivity index (χ3v) is 4.70. The van der Waals surface area contributed by atoms with Crippen LogP contribution in [0.2, 0.25) is 0 Å². The molecule has 0 aliphatic carbocycles. The molecule has 0 saturated heterocycles. The van der Waals surface area contributed by atoms with E-state index in [0.717, 1.165) is 0 Å². The summed E-state index contributed by atoms with van der Waals surface area (Å²) in [6, 6.07) is 2.57. The molecular weight excluding hydrogens is 421 g/mol. The van der Waals surface area contributed by atoms with Gasteiger partial charge in [-0.3, -0.25) is 4.68 Å². The van der Waals surface area contributed by atoms with Crippen molar-refractivity contribution in [2.45, 2.75) is 25.7 Å². The van der Waals surface area contributed by atoms with Gasteiger partial charge in [-0.1, -0.05) is 0 Å². The van der Waals surface area contributed by atoms with E-state index in [9.17, 15) is 18.0 Å². The Morgan fingerprint density at radius 2 is 1.87 bits per heavy atom. The number of alkyl halides is 3. The van der Waals surface area contributed by atoms with Gasteiger partial charge in [-0.05, 0) is 0 Å². The number of urea groups is 1. The van der Waals surface area contributed by atoms with Gasteiger partial charge < -0.3 is 29.6 Å². The molecule has 0 saturated carbocycles. The zero-order valence-corrected chi connectivity index (χ0v) is 17.3. The van der Waals surface area contributed by atoms with Crippen molar-refractivity contribution in [1.82, 2.24) is 15.1 Å². The number of carbonyl (C=O) groups is 1. The monoisotopic (exact) mass is 444 g/mol. The van der Waals surface area contributed by atoms with Crippen LogP contribution in [0.5, 0.6) is 17.2 Å². The maximum atomic E-state index is 13.2. The Balaban J connectivity index is 1.64. The molecule has 1 aromatic heterocycles. The number of rotatable bonds is 7. The van der Waals surface area contributed by atoms with Crippen LogP contribution in [0.1, 0.15) is 17.0 Å². The number of benzene rings is 1. The van der Waals surface area contributed by atoms with E-state index in [1.54, 1.807) is 12.1 Å². The summed E-state index contributed by atoms with van der Waals surface area (Å²) in [5, 5.41) is 8.93. The Hall–Kier alpha value is -3.15. The van der Waals surface area contributed by atoms with E-state index >= 15 is 0 Å². The SMILES string of the molecule is COc1cc(NC(=O)NCCn2nc(C(F)(F)F)c3c2CCOC3)cc(OC)c1OC. The molecule has 0 fully saturated rings. The topological polar surface area (TPSA) is 95.9 Å². The molecule has 2 amide bonds. The minimum atomic E-state index is -4.56. The normalized spacial score (nSPS) is 13.4. The number of nitrogens with zero attached hydrogens (tertiary/aromatic N) is 2. The van der Waals surface area contributed by atoms with E-state index in [4.69, 9.17) is 18.9 Å². The molecule has 12 heteroatoms. The molecular formula is C19H23F3N4O5. The maximum Gasteiger partial charge on any atom is 0.435 e. The summed E-state index contributed by atoms with van der Waals surface area (Å²) in [4.78, 5) is 12.2. The van der Waals surface area contributed by atoms with E-state index in [0.29, 0.717) is 41.7 Å². The van der Waals surface area contributed by atoms with Crippen molar-refractivity contribution in [3.05, 3.63) is 29.1 Å². The molecule has 9 nitrogen and oxygen atoms in total. The van der Waals surface area contributed by atoms with Crippen molar-refractivity contribution in [2.75, 3.05) is 39.8 Å². The zero-order chi connectivity index (χ0) is 22.6. The summed E-state index contributed by atoms with van der Waals surface area (Å²) >= 11 is 0. The van der Waals surface area contributed by atoms with Crippen molar-refractivity contribution in [3.8, 4) is 17.2 Å². The predicted molar refractivity (Wildman–Crippen MR) is 104 cm³/mol. The fourth-order valence-corrected chi connectivity index (χ4v) is 3.33. The summed E-state index contributed by atoms with van der Waals surface area (Å²) in [7, 11) is 4.36. The molecule has 0 radical (unpaired) electrons. The van der Waals surface area contributed by atoms with Gasteiger partial charge in [0.25, 0.3) is 0 Å². The van der Waals surface area contributed by atoms with Crippen LogP contribution in [-0.4, -0.2) is 50.3 Å². The molecule has 2 N–H and O–H groups in total. The molecule has 0 bridgehead atoms. The highest BCUT2D eigenvalue weighted by Gasteiger charge is 2.39. The van der Waals surface area contributed by atoms with Crippen LogP contribution in [0, 0.1) is 0 Å². The molecule has 1 aromatic carbocycles. The van der Waals surface area contributed by atoms with Crippen LogP contribution in [0.3, 0.4) is 0 Å². The van der Waals surface area contributed by atoms with Gasteiger partial charge in [0, 0.05) is 36.4 Å². The molecule has 3 rings (SSSR count). The fraction of sp³-hybridized carbons (Fsp3) is 0.474. The number of methoxy groups -OCH3 is 3. The van der Waals surface area contributed by atoms with E-state index < -0.39 is 17.9 Å². The van der Waals surface area contributed by atoms with Crippen LogP contribution < -0.4 is 24.8 Å². The summed E-state index contributed by atoms with van der Waals surface area (Å²) in [5.41, 5.74) is -0.0184. The minimum Gasteiger partial charge on any atom is -0.493 e. The van der Waals surface area contributed by atoms with Gasteiger partial charge in [-0.2, -0.15) is 18.3 Å². The number of anilines is 1. The first kappa shape index (κ1) is 22.5. The lowest BCUT2D eigenvalue weighted by atomic mass is 10.1. The number of hydrogen-bond acceptors (Lipinski definition) is 6. The van der Waals surface area contributed by atoms with Gasteiger partial charge in [0.1, 0.15) is 0 Å². The molecule has 0 spiro atoms. The number of aromatic nitrogens is 2. The highest BCUT2D eigenvalue weighted by molar-refractivity contribution is 5.90. The van der Waals surface area contributed by atoms with Crippen LogP contribution in [0.25, 0.3) is 0 Å². The van der Waals surface area contributed by atoms with Crippen molar-refractivity contribution in [3.63, 3.8) is 0 Å². The first-order valence-corrected chi connectivity index (χ1v) is 9.36. The van der Waals surface area contributed by atoms with Crippen molar-refractivity contribution >= 4 is 11.7 Å². The summed E-state index contributed by atoms with van der Waals surface area (Å²) < 4.78 is 61.8. The molecule has 0 atom stereocenters. The van der Waals surface area contributed by atoms with Gasteiger partial charge >= 0.3 is 12.2 Å². The first-order valence-electron chi connectivity index (χ1n) is 9.36. The molecule has 2 heterocycles. The van der Waals surface area contributed by atoms with Crippen LogP contribution in [0.15, 0.2) is 12.1 Å². The standard InChI is InChI=1S/C19H23F3N4O5/c1-28-14-8-11(9-15(29-2)16(14)30-3)24-18(27)23-5-6-26-13-4-7-31-10-12(13)17(25-26)19(20,21)22/h8-9H,4-7,10H2,1-3H3,(H2,23,24,27). The van der Waals surface area contributed by atoms with Crippen molar-refractivity contribution in [2.24, 2.45) is 0 Å². The Kier molecular flexibility index (Phi) is 6.78. The summed E-state index contributed by atoms with van der Waals surface area (Å²) in [6.45, 7) is 0.355. The summed E-state index contributed by atoms with van der Waals surface area (Å²) in [5.74, 6) is 1.10. The molecule has 2 aromatic rings. The number of halogens is 3. The second kappa shape index (κ2) is 9.33. The smallest absolute Gasteiger partial charge is 0.435 e. The Bertz CT molecular complexity index is 920. The molecule has 1 aliphatic heterocycles. The van der Waals surface area contributed by atoms with Crippen molar-refractivity contribution < 1.29 is 36.9 Å². The lowest BCUT2D eigenvalue weighted by Gasteiger charge is -2.16. The molecule has 31 heavy (non-hydrogen) atoms.